The Hall–Kier alpha value is -2.42. The summed E-state index contributed by atoms with van der Waals surface area (Å²) in [5.74, 6) is 0.725. The minimum absolute atomic E-state index is 0.0798. The van der Waals surface area contributed by atoms with Crippen LogP contribution in [-0.2, 0) is 20.7 Å². The van der Waals surface area contributed by atoms with Crippen molar-refractivity contribution in [3.8, 4) is 17.0 Å². The normalized spacial score (nSPS) is 11.3. The van der Waals surface area contributed by atoms with Crippen molar-refractivity contribution in [2.45, 2.75) is 26.6 Å². The summed E-state index contributed by atoms with van der Waals surface area (Å²) in [5, 5.41) is 4.84. The lowest BCUT2D eigenvalue weighted by atomic mass is 10.2. The molecule has 7 nitrogen and oxygen atoms in total. The van der Waals surface area contributed by atoms with Gasteiger partial charge in [0, 0.05) is 36.0 Å². The highest BCUT2D eigenvalue weighted by molar-refractivity contribution is 7.15. The van der Waals surface area contributed by atoms with Gasteiger partial charge in [0.05, 0.1) is 25.8 Å². The Balaban J connectivity index is 1.66. The van der Waals surface area contributed by atoms with E-state index in [4.69, 9.17) is 14.2 Å². The van der Waals surface area contributed by atoms with Crippen LogP contribution in [-0.4, -0.2) is 48.5 Å². The molecule has 0 saturated heterocycles. The van der Waals surface area contributed by atoms with Crippen LogP contribution >= 0.6 is 11.3 Å². The van der Waals surface area contributed by atoms with Gasteiger partial charge in [0.2, 0.25) is 5.91 Å². The number of methoxy groups -OCH3 is 1. The van der Waals surface area contributed by atoms with E-state index in [1.165, 1.54) is 11.3 Å². The lowest BCUT2D eigenvalue weighted by molar-refractivity contribution is -0.140. The van der Waals surface area contributed by atoms with E-state index in [1.807, 2.05) is 54.1 Å². The molecule has 0 bridgehead atoms. The molecule has 0 unspecified atom stereocenters. The summed E-state index contributed by atoms with van der Waals surface area (Å²) in [6, 6.07) is 7.76. The monoisotopic (exact) mass is 403 g/mol. The quantitative estimate of drug-likeness (QED) is 0.527. The van der Waals surface area contributed by atoms with Crippen LogP contribution in [0.5, 0.6) is 5.75 Å². The average Bonchev–Trinajstić information content (AvgIpc) is 3.28. The third-order valence-corrected chi connectivity index (χ3v) is 5.07. The van der Waals surface area contributed by atoms with Gasteiger partial charge in [-0.2, -0.15) is 0 Å². The fourth-order valence-electron chi connectivity index (χ4n) is 2.82. The summed E-state index contributed by atoms with van der Waals surface area (Å²) in [6.45, 7) is 5.20. The predicted molar refractivity (Wildman–Crippen MR) is 109 cm³/mol. The first kappa shape index (κ1) is 20.3. The maximum Gasteiger partial charge on any atom is 0.226 e. The Labute approximate surface area is 168 Å². The van der Waals surface area contributed by atoms with Crippen molar-refractivity contribution in [3.63, 3.8) is 0 Å². The van der Waals surface area contributed by atoms with Crippen LogP contribution in [0.4, 0.5) is 0 Å². The zero-order valence-electron chi connectivity index (χ0n) is 16.3. The molecule has 2 heterocycles. The second kappa shape index (κ2) is 9.68. The summed E-state index contributed by atoms with van der Waals surface area (Å²) in [6.07, 6.45) is 1.80. The minimum atomic E-state index is -0.420. The Morgan fingerprint density at radius 3 is 2.57 bits per heavy atom. The molecule has 150 valence electrons. The van der Waals surface area contributed by atoms with Gasteiger partial charge in [-0.15, -0.1) is 11.3 Å². The van der Waals surface area contributed by atoms with Crippen molar-refractivity contribution in [2.75, 3.05) is 26.9 Å². The number of rotatable bonds is 10. The zero-order chi connectivity index (χ0) is 19.9. The fourth-order valence-corrected chi connectivity index (χ4v) is 3.69. The Kier molecular flexibility index (Phi) is 7.02. The van der Waals surface area contributed by atoms with Gasteiger partial charge in [0.1, 0.15) is 5.75 Å². The molecule has 3 rings (SSSR count). The molecule has 3 aromatic rings. The molecule has 1 aromatic carbocycles. The van der Waals surface area contributed by atoms with Crippen LogP contribution in [0.3, 0.4) is 0 Å². The SMILES string of the molecule is CCOC(CNC(=O)Cc1csc2nc(-c3ccc(OC)cc3)cn12)OCC. The Morgan fingerprint density at radius 1 is 1.21 bits per heavy atom. The van der Waals surface area contributed by atoms with Crippen molar-refractivity contribution in [1.82, 2.24) is 14.7 Å². The van der Waals surface area contributed by atoms with Crippen LogP contribution in [0.1, 0.15) is 19.5 Å². The van der Waals surface area contributed by atoms with Gasteiger partial charge < -0.3 is 19.5 Å². The standard InChI is InChI=1S/C20H25N3O4S/c1-4-26-19(27-5-2)11-21-18(24)10-15-13-28-20-22-17(12-23(15)20)14-6-8-16(25-3)9-7-14/h6-9,12-13,19H,4-5,10-11H2,1-3H3,(H,21,24). The molecule has 0 atom stereocenters. The van der Waals surface area contributed by atoms with Crippen LogP contribution in [0.2, 0.25) is 0 Å². The van der Waals surface area contributed by atoms with Crippen molar-refractivity contribution < 1.29 is 19.0 Å². The summed E-state index contributed by atoms with van der Waals surface area (Å²) < 4.78 is 18.1. The van der Waals surface area contributed by atoms with Crippen molar-refractivity contribution in [1.29, 1.82) is 0 Å². The number of aromatic nitrogens is 2. The molecular weight excluding hydrogens is 378 g/mol. The summed E-state index contributed by atoms with van der Waals surface area (Å²) in [4.78, 5) is 17.9. The number of benzene rings is 1. The molecule has 0 radical (unpaired) electrons. The second-order valence-corrected chi connectivity index (χ2v) is 6.89. The fraction of sp³-hybridized carbons (Fsp3) is 0.400. The molecule has 0 saturated carbocycles. The summed E-state index contributed by atoms with van der Waals surface area (Å²) >= 11 is 1.52. The molecule has 0 spiro atoms. The van der Waals surface area contributed by atoms with Gasteiger partial charge in [0.15, 0.2) is 11.3 Å². The van der Waals surface area contributed by atoms with Crippen LogP contribution in [0.15, 0.2) is 35.8 Å². The first-order chi connectivity index (χ1) is 13.6. The number of nitrogens with zero attached hydrogens (tertiary/aromatic N) is 2. The third kappa shape index (κ3) is 4.89. The highest BCUT2D eigenvalue weighted by Crippen LogP contribution is 2.25. The lowest BCUT2D eigenvalue weighted by Crippen LogP contribution is -2.36. The molecule has 2 aromatic heterocycles. The molecule has 1 N–H and O–H groups in total. The molecule has 28 heavy (non-hydrogen) atoms. The Morgan fingerprint density at radius 2 is 1.93 bits per heavy atom. The third-order valence-electron chi connectivity index (χ3n) is 4.18. The van der Waals surface area contributed by atoms with E-state index in [1.54, 1.807) is 7.11 Å². The van der Waals surface area contributed by atoms with Crippen molar-refractivity contribution >= 4 is 22.2 Å². The van der Waals surface area contributed by atoms with E-state index in [0.29, 0.717) is 19.8 Å². The van der Waals surface area contributed by atoms with E-state index in [-0.39, 0.29) is 12.3 Å². The number of carbonyl (C=O) groups is 1. The average molecular weight is 404 g/mol. The van der Waals surface area contributed by atoms with E-state index >= 15 is 0 Å². The molecular formula is C20H25N3O4S. The number of imidazole rings is 1. The number of hydrogen-bond donors (Lipinski definition) is 1. The highest BCUT2D eigenvalue weighted by Gasteiger charge is 2.14. The maximum atomic E-state index is 12.3. The zero-order valence-corrected chi connectivity index (χ0v) is 17.1. The van der Waals surface area contributed by atoms with Gasteiger partial charge in [-0.1, -0.05) is 0 Å². The number of amides is 1. The number of hydrogen-bond acceptors (Lipinski definition) is 6. The first-order valence-electron chi connectivity index (χ1n) is 9.24. The van der Waals surface area contributed by atoms with Gasteiger partial charge >= 0.3 is 0 Å². The van der Waals surface area contributed by atoms with Crippen molar-refractivity contribution in [3.05, 3.63) is 41.5 Å². The molecule has 0 aliphatic carbocycles. The number of fused-ring (bicyclic) bond motifs is 1. The molecule has 0 aliphatic heterocycles. The molecule has 8 heteroatoms. The number of ether oxygens (including phenoxy) is 3. The molecule has 0 aliphatic rings. The molecule has 0 fully saturated rings. The largest absolute Gasteiger partial charge is 0.497 e. The maximum absolute atomic E-state index is 12.3. The van der Waals surface area contributed by atoms with Gasteiger partial charge in [0.25, 0.3) is 0 Å². The number of nitrogens with one attached hydrogen (secondary N) is 1. The predicted octanol–water partition coefficient (Wildman–Crippen LogP) is 3.13. The summed E-state index contributed by atoms with van der Waals surface area (Å²) in [5.41, 5.74) is 2.77. The van der Waals surface area contributed by atoms with Gasteiger partial charge in [-0.3, -0.25) is 9.20 Å². The van der Waals surface area contributed by atoms with Crippen LogP contribution in [0.25, 0.3) is 16.2 Å². The highest BCUT2D eigenvalue weighted by atomic mass is 32.1. The smallest absolute Gasteiger partial charge is 0.226 e. The Bertz CT molecular complexity index is 898. The van der Waals surface area contributed by atoms with E-state index in [9.17, 15) is 4.79 Å². The van der Waals surface area contributed by atoms with E-state index in [0.717, 1.165) is 27.7 Å². The van der Waals surface area contributed by atoms with Crippen molar-refractivity contribution in [2.24, 2.45) is 0 Å². The summed E-state index contributed by atoms with van der Waals surface area (Å²) in [7, 11) is 1.64. The second-order valence-electron chi connectivity index (χ2n) is 6.06. The van der Waals surface area contributed by atoms with Gasteiger partial charge in [-0.05, 0) is 38.1 Å². The minimum Gasteiger partial charge on any atom is -0.497 e. The van der Waals surface area contributed by atoms with Crippen LogP contribution in [0, 0.1) is 0 Å². The van der Waals surface area contributed by atoms with E-state index < -0.39 is 6.29 Å². The number of thiazole rings is 1. The lowest BCUT2D eigenvalue weighted by Gasteiger charge is -2.17. The number of carbonyl (C=O) groups excluding carboxylic acids is 1. The van der Waals surface area contributed by atoms with E-state index in [2.05, 4.69) is 10.3 Å². The molecule has 1 amide bonds. The van der Waals surface area contributed by atoms with Crippen LogP contribution < -0.4 is 10.1 Å². The topological polar surface area (TPSA) is 74.1 Å². The first-order valence-corrected chi connectivity index (χ1v) is 10.1. The van der Waals surface area contributed by atoms with Gasteiger partial charge in [-0.25, -0.2) is 4.98 Å².